The normalized spacial score (nSPS) is 13.3. The van der Waals surface area contributed by atoms with Crippen LogP contribution in [0.5, 0.6) is 0 Å². The fourth-order valence-electron chi connectivity index (χ4n) is 1.74. The summed E-state index contributed by atoms with van der Waals surface area (Å²) in [5.74, 6) is 1.42. The van der Waals surface area contributed by atoms with Gasteiger partial charge in [0.1, 0.15) is 0 Å². The molecule has 0 N–H and O–H groups in total. The van der Waals surface area contributed by atoms with Crippen LogP contribution in [0.4, 0.5) is 0 Å². The Labute approximate surface area is 82.0 Å². The lowest BCUT2D eigenvalue weighted by atomic mass is 9.91. The van der Waals surface area contributed by atoms with Gasteiger partial charge in [-0.05, 0) is 36.3 Å². The molecule has 0 heteroatoms. The first-order valence-corrected chi connectivity index (χ1v) is 5.01. The van der Waals surface area contributed by atoms with E-state index >= 15 is 0 Å². The lowest BCUT2D eigenvalue weighted by molar-refractivity contribution is 0.523. The van der Waals surface area contributed by atoms with Crippen LogP contribution in [0.15, 0.2) is 24.3 Å². The van der Waals surface area contributed by atoms with Crippen LogP contribution in [-0.2, 0) is 0 Å². The molecule has 0 amide bonds. The predicted molar refractivity (Wildman–Crippen MR) is 58.8 cm³/mol. The maximum atomic E-state index is 3.94. The minimum absolute atomic E-state index is 0.654. The van der Waals surface area contributed by atoms with Crippen LogP contribution in [0.3, 0.4) is 0 Å². The van der Waals surface area contributed by atoms with Crippen molar-refractivity contribution >= 4 is 0 Å². The molecule has 0 aromatic heterocycles. The third-order valence-corrected chi connectivity index (χ3v) is 2.35. The van der Waals surface area contributed by atoms with Gasteiger partial charge in [0, 0.05) is 0 Å². The van der Waals surface area contributed by atoms with Crippen LogP contribution in [-0.4, -0.2) is 0 Å². The molecule has 0 aliphatic carbocycles. The lowest BCUT2D eigenvalue weighted by Crippen LogP contribution is -1.98. The Morgan fingerprint density at radius 1 is 1.23 bits per heavy atom. The van der Waals surface area contributed by atoms with Crippen LogP contribution < -0.4 is 0 Å². The maximum absolute atomic E-state index is 3.94. The molecule has 71 valence electrons. The molecule has 0 bridgehead atoms. The predicted octanol–water partition coefficient (Wildman–Crippen LogP) is 4.02. The van der Waals surface area contributed by atoms with Gasteiger partial charge in [0.2, 0.25) is 0 Å². The SMILES string of the molecule is [CH2]c1cccc(C(C)CC(C)C)c1. The van der Waals surface area contributed by atoms with Gasteiger partial charge in [0.15, 0.2) is 0 Å². The molecule has 1 aromatic carbocycles. The van der Waals surface area contributed by atoms with Crippen molar-refractivity contribution in [2.24, 2.45) is 5.92 Å². The van der Waals surface area contributed by atoms with Gasteiger partial charge in [0.25, 0.3) is 0 Å². The van der Waals surface area contributed by atoms with E-state index in [4.69, 9.17) is 0 Å². The monoisotopic (exact) mass is 175 g/mol. The maximum Gasteiger partial charge on any atom is -0.0188 e. The van der Waals surface area contributed by atoms with E-state index in [1.54, 1.807) is 0 Å². The average Bonchev–Trinajstić information content (AvgIpc) is 2.03. The van der Waals surface area contributed by atoms with Gasteiger partial charge in [-0.25, -0.2) is 0 Å². The first-order valence-electron chi connectivity index (χ1n) is 5.01. The summed E-state index contributed by atoms with van der Waals surface area (Å²) < 4.78 is 0. The molecule has 0 saturated carbocycles. The van der Waals surface area contributed by atoms with E-state index in [-0.39, 0.29) is 0 Å². The lowest BCUT2D eigenvalue weighted by Gasteiger charge is -2.14. The topological polar surface area (TPSA) is 0 Å². The van der Waals surface area contributed by atoms with E-state index in [0.717, 1.165) is 11.5 Å². The minimum atomic E-state index is 0.654. The van der Waals surface area contributed by atoms with Crippen LogP contribution in [0.25, 0.3) is 0 Å². The summed E-state index contributed by atoms with van der Waals surface area (Å²) in [5, 5.41) is 0. The van der Waals surface area contributed by atoms with Gasteiger partial charge in [-0.2, -0.15) is 0 Å². The summed E-state index contributed by atoms with van der Waals surface area (Å²) in [7, 11) is 0. The summed E-state index contributed by atoms with van der Waals surface area (Å²) in [6.45, 7) is 10.8. The largest absolute Gasteiger partial charge is 0.0628 e. The van der Waals surface area contributed by atoms with Crippen molar-refractivity contribution in [3.63, 3.8) is 0 Å². The van der Waals surface area contributed by atoms with E-state index < -0.39 is 0 Å². The van der Waals surface area contributed by atoms with Gasteiger partial charge in [-0.3, -0.25) is 0 Å². The standard InChI is InChI=1S/C13H19/c1-10(2)8-12(4)13-7-5-6-11(3)9-13/h5-7,9-10,12H,3,8H2,1-2,4H3. The quantitative estimate of drug-likeness (QED) is 0.651. The molecule has 13 heavy (non-hydrogen) atoms. The molecule has 0 saturated heterocycles. The van der Waals surface area contributed by atoms with Gasteiger partial charge in [-0.1, -0.05) is 45.0 Å². The number of benzene rings is 1. The highest BCUT2D eigenvalue weighted by Gasteiger charge is 2.07. The van der Waals surface area contributed by atoms with Crippen LogP contribution in [0.2, 0.25) is 0 Å². The first-order chi connectivity index (χ1) is 6.09. The smallest absolute Gasteiger partial charge is 0.0188 e. The van der Waals surface area contributed by atoms with E-state index in [0.29, 0.717) is 5.92 Å². The van der Waals surface area contributed by atoms with Crippen LogP contribution in [0.1, 0.15) is 44.2 Å². The molecular formula is C13H19. The summed E-state index contributed by atoms with van der Waals surface area (Å²) in [6.07, 6.45) is 1.25. The Morgan fingerprint density at radius 2 is 1.92 bits per heavy atom. The van der Waals surface area contributed by atoms with Crippen molar-refractivity contribution in [3.05, 3.63) is 42.3 Å². The van der Waals surface area contributed by atoms with E-state index in [9.17, 15) is 0 Å². The zero-order chi connectivity index (χ0) is 9.84. The van der Waals surface area contributed by atoms with Crippen LogP contribution in [0, 0.1) is 12.8 Å². The molecule has 1 radical (unpaired) electrons. The Morgan fingerprint density at radius 3 is 2.46 bits per heavy atom. The molecule has 0 spiro atoms. The Hall–Kier alpha value is -0.780. The van der Waals surface area contributed by atoms with E-state index in [1.807, 2.05) is 6.07 Å². The van der Waals surface area contributed by atoms with Crippen molar-refractivity contribution in [2.45, 2.75) is 33.1 Å². The van der Waals surface area contributed by atoms with Crippen molar-refractivity contribution in [3.8, 4) is 0 Å². The number of hydrogen-bond donors (Lipinski definition) is 0. The molecule has 0 aliphatic rings. The second-order valence-electron chi connectivity index (χ2n) is 4.28. The minimum Gasteiger partial charge on any atom is -0.0628 e. The van der Waals surface area contributed by atoms with Crippen LogP contribution >= 0.6 is 0 Å². The van der Waals surface area contributed by atoms with Crippen molar-refractivity contribution in [1.82, 2.24) is 0 Å². The van der Waals surface area contributed by atoms with Gasteiger partial charge in [-0.15, -0.1) is 0 Å². The zero-order valence-corrected chi connectivity index (χ0v) is 8.88. The highest BCUT2D eigenvalue weighted by atomic mass is 14.1. The number of hydrogen-bond acceptors (Lipinski definition) is 0. The first kappa shape index (κ1) is 10.3. The van der Waals surface area contributed by atoms with Gasteiger partial charge >= 0.3 is 0 Å². The Kier molecular flexibility index (Phi) is 3.53. The number of rotatable bonds is 3. The fraction of sp³-hybridized carbons (Fsp3) is 0.462. The summed E-state index contributed by atoms with van der Waals surface area (Å²) in [6, 6.07) is 8.52. The van der Waals surface area contributed by atoms with Gasteiger partial charge < -0.3 is 0 Å². The molecule has 1 aromatic rings. The molecule has 1 rings (SSSR count). The van der Waals surface area contributed by atoms with E-state index in [2.05, 4.69) is 45.9 Å². The highest BCUT2D eigenvalue weighted by molar-refractivity contribution is 5.27. The molecule has 1 unspecified atom stereocenters. The fourth-order valence-corrected chi connectivity index (χ4v) is 1.74. The summed E-state index contributed by atoms with van der Waals surface area (Å²) in [4.78, 5) is 0. The Balaban J connectivity index is 2.71. The molecular weight excluding hydrogens is 156 g/mol. The van der Waals surface area contributed by atoms with E-state index in [1.165, 1.54) is 12.0 Å². The van der Waals surface area contributed by atoms with Crippen molar-refractivity contribution in [1.29, 1.82) is 0 Å². The van der Waals surface area contributed by atoms with Crippen molar-refractivity contribution < 1.29 is 0 Å². The molecule has 0 heterocycles. The second-order valence-corrected chi connectivity index (χ2v) is 4.28. The molecule has 1 atom stereocenters. The summed E-state index contributed by atoms with van der Waals surface area (Å²) >= 11 is 0. The Bertz CT molecular complexity index is 260. The molecule has 0 fully saturated rings. The summed E-state index contributed by atoms with van der Waals surface area (Å²) in [5.41, 5.74) is 2.54. The van der Waals surface area contributed by atoms with Crippen molar-refractivity contribution in [2.75, 3.05) is 0 Å². The third kappa shape index (κ3) is 3.22. The highest BCUT2D eigenvalue weighted by Crippen LogP contribution is 2.23. The molecule has 0 aliphatic heterocycles. The molecule has 0 nitrogen and oxygen atoms in total. The van der Waals surface area contributed by atoms with Gasteiger partial charge in [0.05, 0.1) is 0 Å². The second kappa shape index (κ2) is 4.45. The average molecular weight is 175 g/mol. The zero-order valence-electron chi connectivity index (χ0n) is 8.88. The third-order valence-electron chi connectivity index (χ3n) is 2.35.